The van der Waals surface area contributed by atoms with Crippen molar-refractivity contribution in [2.24, 2.45) is 0 Å². The van der Waals surface area contributed by atoms with E-state index < -0.39 is 0 Å². The van der Waals surface area contributed by atoms with Crippen molar-refractivity contribution in [1.82, 2.24) is 19.9 Å². The third-order valence-corrected chi connectivity index (χ3v) is 2.79. The van der Waals surface area contributed by atoms with Gasteiger partial charge in [-0.1, -0.05) is 12.8 Å². The predicted octanol–water partition coefficient (Wildman–Crippen LogP) is 0.263. The number of carbonyl (C=O) groups excluding carboxylic acids is 1. The molecular weight excluding hydrogens is 206 g/mol. The van der Waals surface area contributed by atoms with Gasteiger partial charge in [-0.05, 0) is 12.8 Å². The highest BCUT2D eigenvalue weighted by Crippen LogP contribution is 2.10. The Morgan fingerprint density at radius 2 is 2.00 bits per heavy atom. The van der Waals surface area contributed by atoms with Gasteiger partial charge in [-0.25, -0.2) is 0 Å². The molecule has 1 aliphatic rings. The van der Waals surface area contributed by atoms with Crippen molar-refractivity contribution in [3.05, 3.63) is 6.20 Å². The van der Waals surface area contributed by atoms with E-state index >= 15 is 0 Å². The van der Waals surface area contributed by atoms with E-state index in [0.717, 1.165) is 25.9 Å². The number of likely N-dealkylation sites (tertiary alicyclic amines) is 1. The van der Waals surface area contributed by atoms with Crippen LogP contribution in [0.15, 0.2) is 6.20 Å². The van der Waals surface area contributed by atoms with Crippen LogP contribution in [0.3, 0.4) is 0 Å². The molecule has 1 aromatic rings. The Kier molecular flexibility index (Phi) is 3.38. The molecule has 1 aromatic heterocycles. The normalized spacial score (nSPS) is 17.1. The second kappa shape index (κ2) is 4.96. The molecule has 0 unspecified atom stereocenters. The second-order valence-electron chi connectivity index (χ2n) is 4.09. The fraction of sp³-hybridized carbons (Fsp3) is 0.700. The monoisotopic (exact) mass is 223 g/mol. The smallest absolute Gasteiger partial charge is 0.246 e. The number of nitrogen functional groups attached to an aromatic ring is 1. The third kappa shape index (κ3) is 2.71. The average molecular weight is 223 g/mol. The van der Waals surface area contributed by atoms with Gasteiger partial charge in [0.2, 0.25) is 5.91 Å². The minimum Gasteiger partial charge on any atom is -0.381 e. The number of nitrogens with two attached hydrogens (primary N) is 1. The summed E-state index contributed by atoms with van der Waals surface area (Å²) in [5, 5.41) is 7.81. The fourth-order valence-electron chi connectivity index (χ4n) is 1.93. The Labute approximate surface area is 94.4 Å². The van der Waals surface area contributed by atoms with Gasteiger partial charge in [0, 0.05) is 13.1 Å². The van der Waals surface area contributed by atoms with Crippen LogP contribution in [0.5, 0.6) is 0 Å². The topological polar surface area (TPSA) is 77.0 Å². The molecule has 0 aromatic carbocycles. The summed E-state index contributed by atoms with van der Waals surface area (Å²) < 4.78 is 0. The number of carbonyl (C=O) groups is 1. The highest BCUT2D eigenvalue weighted by atomic mass is 16.2. The standard InChI is InChI=1S/C10H17N5O/c11-9-7-12-15(13-9)8-10(16)14-5-3-1-2-4-6-14/h7H,1-6,8H2,(H2,11,13). The highest BCUT2D eigenvalue weighted by Gasteiger charge is 2.16. The van der Waals surface area contributed by atoms with Crippen LogP contribution < -0.4 is 5.73 Å². The number of rotatable bonds is 2. The molecule has 0 aliphatic carbocycles. The summed E-state index contributed by atoms with van der Waals surface area (Å²) >= 11 is 0. The summed E-state index contributed by atoms with van der Waals surface area (Å²) in [4.78, 5) is 15.2. The predicted molar refractivity (Wildman–Crippen MR) is 59.5 cm³/mol. The Morgan fingerprint density at radius 1 is 1.31 bits per heavy atom. The van der Waals surface area contributed by atoms with Gasteiger partial charge in [-0.15, -0.1) is 5.10 Å². The zero-order valence-corrected chi connectivity index (χ0v) is 9.30. The third-order valence-electron chi connectivity index (χ3n) is 2.79. The van der Waals surface area contributed by atoms with Crippen LogP contribution in [0.25, 0.3) is 0 Å². The molecule has 0 atom stereocenters. The van der Waals surface area contributed by atoms with Crippen LogP contribution in [0.2, 0.25) is 0 Å². The first-order valence-corrected chi connectivity index (χ1v) is 5.69. The lowest BCUT2D eigenvalue weighted by atomic mass is 10.2. The molecule has 1 aliphatic heterocycles. The van der Waals surface area contributed by atoms with Crippen LogP contribution in [0.1, 0.15) is 25.7 Å². The van der Waals surface area contributed by atoms with E-state index in [9.17, 15) is 4.79 Å². The summed E-state index contributed by atoms with van der Waals surface area (Å²) in [6.45, 7) is 1.91. The summed E-state index contributed by atoms with van der Waals surface area (Å²) in [5.74, 6) is 0.432. The number of hydrogen-bond donors (Lipinski definition) is 1. The van der Waals surface area contributed by atoms with Crippen molar-refractivity contribution in [3.8, 4) is 0 Å². The Hall–Kier alpha value is -1.59. The van der Waals surface area contributed by atoms with Crippen LogP contribution in [-0.2, 0) is 11.3 Å². The van der Waals surface area contributed by atoms with Gasteiger partial charge in [-0.3, -0.25) is 4.79 Å². The van der Waals surface area contributed by atoms with Crippen LogP contribution in [0, 0.1) is 0 Å². The average Bonchev–Trinajstić information content (AvgIpc) is 2.56. The van der Waals surface area contributed by atoms with Gasteiger partial charge >= 0.3 is 0 Å². The van der Waals surface area contributed by atoms with Crippen molar-refractivity contribution in [1.29, 1.82) is 0 Å². The Bertz CT molecular complexity index is 354. The summed E-state index contributed by atoms with van der Waals surface area (Å²) in [6.07, 6.45) is 6.09. The van der Waals surface area contributed by atoms with Gasteiger partial charge in [-0.2, -0.15) is 9.90 Å². The number of nitrogens with zero attached hydrogens (tertiary/aromatic N) is 4. The first kappa shape index (κ1) is 10.9. The molecular formula is C10H17N5O. The molecule has 0 radical (unpaired) electrons. The summed E-state index contributed by atoms with van der Waals surface area (Å²) in [7, 11) is 0. The molecule has 1 fully saturated rings. The number of amides is 1. The van der Waals surface area contributed by atoms with E-state index in [1.807, 2.05) is 4.90 Å². The SMILES string of the molecule is Nc1cnn(CC(=O)N2CCCCCC2)n1. The first-order valence-electron chi connectivity index (χ1n) is 5.69. The molecule has 16 heavy (non-hydrogen) atoms. The molecule has 0 bridgehead atoms. The molecule has 2 rings (SSSR count). The Balaban J connectivity index is 1.91. The quantitative estimate of drug-likeness (QED) is 0.780. The van der Waals surface area contributed by atoms with E-state index in [1.165, 1.54) is 23.8 Å². The summed E-state index contributed by atoms with van der Waals surface area (Å²) in [6, 6.07) is 0. The lowest BCUT2D eigenvalue weighted by Gasteiger charge is -2.19. The molecule has 2 heterocycles. The van der Waals surface area contributed by atoms with E-state index in [1.54, 1.807) is 0 Å². The van der Waals surface area contributed by atoms with Gasteiger partial charge in [0.15, 0.2) is 5.82 Å². The molecule has 1 amide bonds. The Morgan fingerprint density at radius 3 is 2.56 bits per heavy atom. The van der Waals surface area contributed by atoms with Crippen molar-refractivity contribution >= 4 is 11.7 Å². The van der Waals surface area contributed by atoms with Crippen LogP contribution in [-0.4, -0.2) is 38.9 Å². The van der Waals surface area contributed by atoms with Crippen molar-refractivity contribution in [3.63, 3.8) is 0 Å². The van der Waals surface area contributed by atoms with Crippen LogP contribution in [0.4, 0.5) is 5.82 Å². The summed E-state index contributed by atoms with van der Waals surface area (Å²) in [5.41, 5.74) is 5.44. The second-order valence-corrected chi connectivity index (χ2v) is 4.09. The van der Waals surface area contributed by atoms with Gasteiger partial charge in [0.1, 0.15) is 6.54 Å². The number of anilines is 1. The molecule has 0 saturated carbocycles. The molecule has 2 N–H and O–H groups in total. The lowest BCUT2D eigenvalue weighted by molar-refractivity contribution is -0.132. The molecule has 0 spiro atoms. The van der Waals surface area contributed by atoms with Gasteiger partial charge in [0.05, 0.1) is 6.20 Å². The maximum atomic E-state index is 11.9. The van der Waals surface area contributed by atoms with Crippen molar-refractivity contribution in [2.45, 2.75) is 32.2 Å². The number of hydrogen-bond acceptors (Lipinski definition) is 4. The van der Waals surface area contributed by atoms with Gasteiger partial charge in [0.25, 0.3) is 0 Å². The van der Waals surface area contributed by atoms with Crippen molar-refractivity contribution < 1.29 is 4.79 Å². The zero-order valence-electron chi connectivity index (χ0n) is 9.30. The van der Waals surface area contributed by atoms with E-state index in [0.29, 0.717) is 5.82 Å². The maximum absolute atomic E-state index is 11.9. The van der Waals surface area contributed by atoms with E-state index in [-0.39, 0.29) is 12.5 Å². The van der Waals surface area contributed by atoms with E-state index in [2.05, 4.69) is 10.2 Å². The minimum atomic E-state index is 0.0810. The van der Waals surface area contributed by atoms with E-state index in [4.69, 9.17) is 5.73 Å². The largest absolute Gasteiger partial charge is 0.381 e. The highest BCUT2D eigenvalue weighted by molar-refractivity contribution is 5.75. The number of aromatic nitrogens is 3. The fourth-order valence-corrected chi connectivity index (χ4v) is 1.93. The molecule has 1 saturated heterocycles. The molecule has 88 valence electrons. The minimum absolute atomic E-state index is 0.0810. The van der Waals surface area contributed by atoms with Gasteiger partial charge < -0.3 is 10.6 Å². The molecule has 6 heteroatoms. The lowest BCUT2D eigenvalue weighted by Crippen LogP contribution is -2.35. The van der Waals surface area contributed by atoms with Crippen LogP contribution >= 0.6 is 0 Å². The molecule has 6 nitrogen and oxygen atoms in total. The zero-order chi connectivity index (χ0) is 11.4. The first-order chi connectivity index (χ1) is 7.75. The van der Waals surface area contributed by atoms with Crippen molar-refractivity contribution in [2.75, 3.05) is 18.8 Å². The maximum Gasteiger partial charge on any atom is 0.246 e.